The second-order valence-electron chi connectivity index (χ2n) is 9.82. The molecule has 4 heteroatoms. The van der Waals surface area contributed by atoms with Gasteiger partial charge in [0.25, 0.3) is 0 Å². The monoisotopic (exact) mass is 483 g/mol. The Labute approximate surface area is 212 Å². The van der Waals surface area contributed by atoms with Crippen molar-refractivity contribution in [1.82, 2.24) is 4.57 Å². The van der Waals surface area contributed by atoms with Crippen molar-refractivity contribution in [2.45, 2.75) is 50.0 Å². The van der Waals surface area contributed by atoms with Crippen molar-refractivity contribution >= 4 is 22.7 Å². The highest BCUT2D eigenvalue weighted by atomic mass is 32.2. The molecule has 1 aliphatic heterocycles. The Kier molecular flexibility index (Phi) is 6.47. The van der Waals surface area contributed by atoms with E-state index in [0.29, 0.717) is 0 Å². The minimum Gasteiger partial charge on any atom is -0.497 e. The summed E-state index contributed by atoms with van der Waals surface area (Å²) in [5.74, 6) is 3.86. The summed E-state index contributed by atoms with van der Waals surface area (Å²) in [6.07, 6.45) is 7.79. The molecular formula is C31H33NO2S. The normalized spacial score (nSPS) is 15.6. The van der Waals surface area contributed by atoms with Crippen LogP contribution < -0.4 is 9.47 Å². The van der Waals surface area contributed by atoms with Crippen molar-refractivity contribution in [2.75, 3.05) is 19.5 Å². The molecule has 0 bridgehead atoms. The Hall–Kier alpha value is -2.85. The molecule has 6 rings (SSSR count). The minimum absolute atomic E-state index is 0.829. The SMILES string of the molecule is COc1ccc2c(c1)c1c(n2Cc2ccc(OCCC3CCCC3)cc2)-c2ccccc2SCC1. The van der Waals surface area contributed by atoms with Crippen molar-refractivity contribution in [2.24, 2.45) is 5.92 Å². The molecule has 4 aromatic rings. The largest absolute Gasteiger partial charge is 0.497 e. The van der Waals surface area contributed by atoms with Crippen LogP contribution in [-0.4, -0.2) is 24.0 Å². The van der Waals surface area contributed by atoms with Crippen molar-refractivity contribution < 1.29 is 9.47 Å². The number of aryl methyl sites for hydroxylation is 1. The van der Waals surface area contributed by atoms with Crippen molar-refractivity contribution in [1.29, 1.82) is 0 Å². The van der Waals surface area contributed by atoms with Crippen LogP contribution in [0.5, 0.6) is 11.5 Å². The van der Waals surface area contributed by atoms with Crippen molar-refractivity contribution in [3.63, 3.8) is 0 Å². The van der Waals surface area contributed by atoms with Crippen LogP contribution in [-0.2, 0) is 13.0 Å². The average molecular weight is 484 g/mol. The van der Waals surface area contributed by atoms with Gasteiger partial charge in [-0.25, -0.2) is 0 Å². The maximum Gasteiger partial charge on any atom is 0.119 e. The second kappa shape index (κ2) is 10.0. The van der Waals surface area contributed by atoms with Gasteiger partial charge in [0.05, 0.1) is 19.4 Å². The predicted octanol–water partition coefficient (Wildman–Crippen LogP) is 7.97. The van der Waals surface area contributed by atoms with Crippen LogP contribution in [0.2, 0.25) is 0 Å². The molecule has 3 aromatic carbocycles. The van der Waals surface area contributed by atoms with Gasteiger partial charge in [0.2, 0.25) is 0 Å². The summed E-state index contributed by atoms with van der Waals surface area (Å²) in [7, 11) is 1.75. The molecule has 1 aromatic heterocycles. The summed E-state index contributed by atoms with van der Waals surface area (Å²) in [6, 6.07) is 24.1. The van der Waals surface area contributed by atoms with Gasteiger partial charge in [0.1, 0.15) is 11.5 Å². The molecule has 1 aliphatic carbocycles. The summed E-state index contributed by atoms with van der Waals surface area (Å²) < 4.78 is 14.2. The molecule has 1 saturated carbocycles. The van der Waals surface area contributed by atoms with Crippen LogP contribution >= 0.6 is 11.8 Å². The molecule has 1 fully saturated rings. The number of thioether (sulfide) groups is 1. The van der Waals surface area contributed by atoms with Gasteiger partial charge >= 0.3 is 0 Å². The number of hydrogen-bond acceptors (Lipinski definition) is 3. The van der Waals surface area contributed by atoms with Gasteiger partial charge in [-0.15, -0.1) is 11.8 Å². The molecule has 3 nitrogen and oxygen atoms in total. The lowest BCUT2D eigenvalue weighted by atomic mass is 10.0. The molecule has 2 heterocycles. The zero-order chi connectivity index (χ0) is 23.6. The first-order valence-corrected chi connectivity index (χ1v) is 13.9. The predicted molar refractivity (Wildman–Crippen MR) is 146 cm³/mol. The lowest BCUT2D eigenvalue weighted by molar-refractivity contribution is 0.279. The fraction of sp³-hybridized carbons (Fsp3) is 0.355. The average Bonchev–Trinajstić information content (AvgIpc) is 3.46. The Balaban J connectivity index is 1.32. The maximum absolute atomic E-state index is 6.08. The van der Waals surface area contributed by atoms with Gasteiger partial charge < -0.3 is 14.0 Å². The van der Waals surface area contributed by atoms with E-state index < -0.39 is 0 Å². The summed E-state index contributed by atoms with van der Waals surface area (Å²) >= 11 is 1.96. The molecule has 0 unspecified atom stereocenters. The molecule has 2 aliphatic rings. The summed E-state index contributed by atoms with van der Waals surface area (Å²) in [6.45, 7) is 1.66. The first-order valence-electron chi connectivity index (χ1n) is 12.9. The topological polar surface area (TPSA) is 23.4 Å². The highest BCUT2D eigenvalue weighted by Gasteiger charge is 2.23. The van der Waals surface area contributed by atoms with E-state index in [-0.39, 0.29) is 0 Å². The van der Waals surface area contributed by atoms with E-state index >= 15 is 0 Å². The number of fused-ring (bicyclic) bond motifs is 5. The fourth-order valence-electron chi connectivity index (χ4n) is 5.82. The van der Waals surface area contributed by atoms with Gasteiger partial charge in [0.15, 0.2) is 0 Å². The van der Waals surface area contributed by atoms with Crippen LogP contribution in [0.15, 0.2) is 71.6 Å². The van der Waals surface area contributed by atoms with Crippen LogP contribution in [0.3, 0.4) is 0 Å². The molecule has 0 spiro atoms. The molecule has 0 radical (unpaired) electrons. The number of rotatable bonds is 7. The quantitative estimate of drug-likeness (QED) is 0.266. The number of benzene rings is 3. The highest BCUT2D eigenvalue weighted by Crippen LogP contribution is 2.43. The third-order valence-electron chi connectivity index (χ3n) is 7.66. The lowest BCUT2D eigenvalue weighted by Gasteiger charge is -2.15. The number of hydrogen-bond donors (Lipinski definition) is 0. The van der Waals surface area contributed by atoms with E-state index in [1.807, 2.05) is 11.8 Å². The Morgan fingerprint density at radius 1 is 0.943 bits per heavy atom. The maximum atomic E-state index is 6.08. The Morgan fingerprint density at radius 2 is 1.74 bits per heavy atom. The molecule has 180 valence electrons. The molecule has 0 amide bonds. The minimum atomic E-state index is 0.829. The summed E-state index contributed by atoms with van der Waals surface area (Å²) in [4.78, 5) is 1.37. The van der Waals surface area contributed by atoms with E-state index in [1.165, 1.54) is 70.3 Å². The van der Waals surface area contributed by atoms with E-state index in [2.05, 4.69) is 71.3 Å². The summed E-state index contributed by atoms with van der Waals surface area (Å²) in [5.41, 5.74) is 6.69. The third-order valence-corrected chi connectivity index (χ3v) is 8.74. The Morgan fingerprint density at radius 3 is 2.57 bits per heavy atom. The molecule has 35 heavy (non-hydrogen) atoms. The van der Waals surface area contributed by atoms with Crippen molar-refractivity contribution in [3.8, 4) is 22.8 Å². The first kappa shape index (κ1) is 22.6. The molecule has 0 N–H and O–H groups in total. The molecular weight excluding hydrogens is 450 g/mol. The summed E-state index contributed by atoms with van der Waals surface area (Å²) in [5, 5.41) is 1.31. The van der Waals surface area contributed by atoms with E-state index in [4.69, 9.17) is 9.47 Å². The van der Waals surface area contributed by atoms with E-state index in [9.17, 15) is 0 Å². The van der Waals surface area contributed by atoms with Crippen LogP contribution in [0, 0.1) is 5.92 Å². The van der Waals surface area contributed by atoms with Crippen LogP contribution in [0.4, 0.5) is 0 Å². The molecule has 0 saturated heterocycles. The number of methoxy groups -OCH3 is 1. The lowest BCUT2D eigenvalue weighted by Crippen LogP contribution is -2.05. The van der Waals surface area contributed by atoms with Crippen molar-refractivity contribution in [3.05, 3.63) is 77.9 Å². The van der Waals surface area contributed by atoms with Gasteiger partial charge in [0, 0.05) is 33.7 Å². The smallest absolute Gasteiger partial charge is 0.119 e. The zero-order valence-corrected chi connectivity index (χ0v) is 21.3. The van der Waals surface area contributed by atoms with Gasteiger partial charge in [-0.1, -0.05) is 56.0 Å². The van der Waals surface area contributed by atoms with Gasteiger partial charge in [-0.3, -0.25) is 0 Å². The standard InChI is InChI=1S/C31H33NO2S/c1-33-25-14-15-29-28(20-25)26-17-19-35-30-9-5-4-8-27(30)31(26)32(29)21-23-10-12-24(13-11-23)34-18-16-22-6-2-3-7-22/h4-5,8-15,20,22H,2-3,6-7,16-19,21H2,1H3. The van der Waals surface area contributed by atoms with E-state index in [1.54, 1.807) is 7.11 Å². The number of ether oxygens (including phenoxy) is 2. The fourth-order valence-corrected chi connectivity index (χ4v) is 6.84. The zero-order valence-electron chi connectivity index (χ0n) is 20.5. The third kappa shape index (κ3) is 4.56. The van der Waals surface area contributed by atoms with Gasteiger partial charge in [-0.05, 0) is 66.3 Å². The van der Waals surface area contributed by atoms with Crippen LogP contribution in [0.1, 0.15) is 43.2 Å². The second-order valence-corrected chi connectivity index (χ2v) is 11.0. The molecule has 0 atom stereocenters. The number of aromatic nitrogens is 1. The first-order chi connectivity index (χ1) is 17.3. The van der Waals surface area contributed by atoms with Crippen LogP contribution in [0.25, 0.3) is 22.2 Å². The Bertz CT molecular complexity index is 1320. The number of nitrogens with zero attached hydrogens (tertiary/aromatic N) is 1. The van der Waals surface area contributed by atoms with Gasteiger partial charge in [-0.2, -0.15) is 0 Å². The highest BCUT2D eigenvalue weighted by molar-refractivity contribution is 7.99. The van der Waals surface area contributed by atoms with E-state index in [0.717, 1.165) is 42.7 Å².